The summed E-state index contributed by atoms with van der Waals surface area (Å²) in [6, 6.07) is 23.3. The van der Waals surface area contributed by atoms with Crippen molar-refractivity contribution < 1.29 is 14.4 Å². The number of anilines is 1. The third kappa shape index (κ3) is 3.71. The third-order valence-electron chi connectivity index (χ3n) is 5.76. The molecule has 1 saturated heterocycles. The fraction of sp³-hybridized carbons (Fsp3) is 0.120. The van der Waals surface area contributed by atoms with Crippen LogP contribution < -0.4 is 10.6 Å². The summed E-state index contributed by atoms with van der Waals surface area (Å²) in [6.07, 6.45) is 0. The molecule has 0 radical (unpaired) electrons. The summed E-state index contributed by atoms with van der Waals surface area (Å²) >= 11 is 0. The molecule has 164 valence electrons. The first-order chi connectivity index (χ1) is 15.9. The SMILES string of the molecule is C[C@@]1(c2ccccc2)NC(=O)N(CC(=O)Nc2ccc(-c3nc4ccccc4[nH]3)cc2)C1=O. The number of hydrogen-bond donors (Lipinski definition) is 3. The van der Waals surface area contributed by atoms with E-state index in [1.54, 1.807) is 43.3 Å². The van der Waals surface area contributed by atoms with Crippen LogP contribution in [0.3, 0.4) is 0 Å². The number of para-hydroxylation sites is 2. The number of imide groups is 1. The highest BCUT2D eigenvalue weighted by Crippen LogP contribution is 2.28. The summed E-state index contributed by atoms with van der Waals surface area (Å²) in [7, 11) is 0. The van der Waals surface area contributed by atoms with E-state index in [-0.39, 0.29) is 6.54 Å². The minimum Gasteiger partial charge on any atom is -0.338 e. The second kappa shape index (κ2) is 7.90. The molecule has 1 aromatic heterocycles. The van der Waals surface area contributed by atoms with E-state index in [4.69, 9.17) is 0 Å². The Labute approximate surface area is 189 Å². The van der Waals surface area contributed by atoms with Crippen LogP contribution in [0.2, 0.25) is 0 Å². The number of carbonyl (C=O) groups is 3. The van der Waals surface area contributed by atoms with Gasteiger partial charge in [-0.25, -0.2) is 9.78 Å². The Hall–Kier alpha value is -4.46. The van der Waals surface area contributed by atoms with Crippen LogP contribution in [-0.2, 0) is 15.1 Å². The van der Waals surface area contributed by atoms with Crippen LogP contribution in [0, 0.1) is 0 Å². The molecule has 3 N–H and O–H groups in total. The van der Waals surface area contributed by atoms with E-state index in [1.165, 1.54) is 0 Å². The monoisotopic (exact) mass is 439 g/mol. The van der Waals surface area contributed by atoms with E-state index in [0.29, 0.717) is 11.3 Å². The van der Waals surface area contributed by atoms with E-state index in [1.807, 2.05) is 42.5 Å². The van der Waals surface area contributed by atoms with E-state index >= 15 is 0 Å². The average Bonchev–Trinajstić information content (AvgIpc) is 3.35. The topological polar surface area (TPSA) is 107 Å². The predicted octanol–water partition coefficient (Wildman–Crippen LogP) is 3.64. The summed E-state index contributed by atoms with van der Waals surface area (Å²) in [6.45, 7) is 1.26. The van der Waals surface area contributed by atoms with Crippen molar-refractivity contribution in [3.05, 3.63) is 84.4 Å². The largest absolute Gasteiger partial charge is 0.338 e. The van der Waals surface area contributed by atoms with Gasteiger partial charge in [-0.1, -0.05) is 42.5 Å². The maximum atomic E-state index is 13.0. The highest BCUT2D eigenvalue weighted by atomic mass is 16.2. The molecule has 3 aromatic carbocycles. The molecular weight excluding hydrogens is 418 g/mol. The molecule has 8 nitrogen and oxygen atoms in total. The second-order valence-electron chi connectivity index (χ2n) is 8.04. The summed E-state index contributed by atoms with van der Waals surface area (Å²) in [5.74, 6) is -0.199. The molecule has 1 aliphatic rings. The van der Waals surface area contributed by atoms with Gasteiger partial charge < -0.3 is 15.6 Å². The molecule has 33 heavy (non-hydrogen) atoms. The number of nitrogens with one attached hydrogen (secondary N) is 3. The van der Waals surface area contributed by atoms with Crippen molar-refractivity contribution in [1.29, 1.82) is 0 Å². The Bertz CT molecular complexity index is 1330. The van der Waals surface area contributed by atoms with Crippen molar-refractivity contribution in [2.45, 2.75) is 12.5 Å². The number of amides is 4. The Kier molecular flexibility index (Phi) is 4.90. The Balaban J connectivity index is 1.26. The van der Waals surface area contributed by atoms with Gasteiger partial charge in [0, 0.05) is 11.3 Å². The molecule has 0 aliphatic carbocycles. The van der Waals surface area contributed by atoms with Crippen LogP contribution in [0.25, 0.3) is 22.4 Å². The van der Waals surface area contributed by atoms with Crippen LogP contribution in [0.5, 0.6) is 0 Å². The zero-order chi connectivity index (χ0) is 23.0. The lowest BCUT2D eigenvalue weighted by atomic mass is 9.92. The Morgan fingerprint density at radius 2 is 1.67 bits per heavy atom. The van der Waals surface area contributed by atoms with Gasteiger partial charge in [0.25, 0.3) is 5.91 Å². The smallest absolute Gasteiger partial charge is 0.325 e. The fourth-order valence-electron chi connectivity index (χ4n) is 3.95. The van der Waals surface area contributed by atoms with E-state index in [2.05, 4.69) is 20.6 Å². The number of hydrogen-bond acceptors (Lipinski definition) is 4. The normalized spacial score (nSPS) is 17.9. The van der Waals surface area contributed by atoms with E-state index in [0.717, 1.165) is 27.3 Å². The number of imidazole rings is 1. The first kappa shape index (κ1) is 20.4. The molecule has 1 atom stereocenters. The highest BCUT2D eigenvalue weighted by molar-refractivity contribution is 6.10. The number of carbonyl (C=O) groups excluding carboxylic acids is 3. The molecule has 1 aliphatic heterocycles. The number of aromatic nitrogens is 2. The Morgan fingerprint density at radius 1 is 0.970 bits per heavy atom. The molecule has 2 heterocycles. The molecule has 0 bridgehead atoms. The summed E-state index contributed by atoms with van der Waals surface area (Å²) in [4.78, 5) is 46.7. The van der Waals surface area contributed by atoms with Crippen molar-refractivity contribution in [1.82, 2.24) is 20.2 Å². The first-order valence-electron chi connectivity index (χ1n) is 10.5. The number of nitrogens with zero attached hydrogens (tertiary/aromatic N) is 2. The van der Waals surface area contributed by atoms with Gasteiger partial charge in [-0.05, 0) is 48.9 Å². The number of rotatable bonds is 5. The molecule has 4 aromatic rings. The van der Waals surface area contributed by atoms with Crippen molar-refractivity contribution >= 4 is 34.6 Å². The van der Waals surface area contributed by atoms with Gasteiger partial charge in [-0.15, -0.1) is 0 Å². The van der Waals surface area contributed by atoms with Gasteiger partial charge in [-0.3, -0.25) is 14.5 Å². The minimum absolute atomic E-state index is 0.377. The maximum Gasteiger partial charge on any atom is 0.325 e. The molecule has 0 spiro atoms. The maximum absolute atomic E-state index is 13.0. The zero-order valence-electron chi connectivity index (χ0n) is 17.8. The van der Waals surface area contributed by atoms with Crippen LogP contribution in [0.15, 0.2) is 78.9 Å². The summed E-state index contributed by atoms with van der Waals surface area (Å²) in [5.41, 5.74) is 2.70. The molecular formula is C25H21N5O3. The first-order valence-corrected chi connectivity index (χ1v) is 10.5. The Morgan fingerprint density at radius 3 is 2.39 bits per heavy atom. The molecule has 8 heteroatoms. The lowest BCUT2D eigenvalue weighted by molar-refractivity contribution is -0.133. The van der Waals surface area contributed by atoms with Gasteiger partial charge in [0.15, 0.2) is 0 Å². The van der Waals surface area contributed by atoms with Gasteiger partial charge in [0.05, 0.1) is 11.0 Å². The van der Waals surface area contributed by atoms with Gasteiger partial charge in [-0.2, -0.15) is 0 Å². The molecule has 4 amide bonds. The van der Waals surface area contributed by atoms with Crippen LogP contribution in [-0.4, -0.2) is 39.3 Å². The number of H-pyrrole nitrogens is 1. The molecule has 1 fully saturated rings. The van der Waals surface area contributed by atoms with E-state index in [9.17, 15) is 14.4 Å². The van der Waals surface area contributed by atoms with Gasteiger partial charge in [0.2, 0.25) is 5.91 Å². The standard InChI is InChI=1S/C25H21N5O3/c1-25(17-7-3-2-4-8-17)23(32)30(24(33)29-25)15-21(31)26-18-13-11-16(12-14-18)22-27-19-9-5-6-10-20(19)28-22/h2-14H,15H2,1H3,(H,26,31)(H,27,28)(H,29,33)/t25-/m0/s1. The molecule has 0 unspecified atom stereocenters. The summed E-state index contributed by atoms with van der Waals surface area (Å²) in [5, 5.41) is 5.44. The lowest BCUT2D eigenvalue weighted by Crippen LogP contribution is -2.42. The fourth-order valence-corrected chi connectivity index (χ4v) is 3.95. The van der Waals surface area contributed by atoms with Crippen molar-refractivity contribution in [3.63, 3.8) is 0 Å². The number of aromatic amines is 1. The van der Waals surface area contributed by atoms with Crippen LogP contribution >= 0.6 is 0 Å². The van der Waals surface area contributed by atoms with Crippen molar-refractivity contribution in [2.75, 3.05) is 11.9 Å². The second-order valence-corrected chi connectivity index (χ2v) is 8.04. The number of benzene rings is 3. The summed E-state index contributed by atoms with van der Waals surface area (Å²) < 4.78 is 0. The van der Waals surface area contributed by atoms with Crippen LogP contribution in [0.1, 0.15) is 12.5 Å². The highest BCUT2D eigenvalue weighted by Gasteiger charge is 2.49. The minimum atomic E-state index is -1.20. The van der Waals surface area contributed by atoms with Crippen molar-refractivity contribution in [3.8, 4) is 11.4 Å². The van der Waals surface area contributed by atoms with Crippen molar-refractivity contribution in [2.24, 2.45) is 0 Å². The third-order valence-corrected chi connectivity index (χ3v) is 5.76. The average molecular weight is 439 g/mol. The lowest BCUT2D eigenvalue weighted by Gasteiger charge is -2.22. The zero-order valence-corrected chi connectivity index (χ0v) is 17.8. The van der Waals surface area contributed by atoms with Gasteiger partial charge in [0.1, 0.15) is 17.9 Å². The quantitative estimate of drug-likeness (QED) is 0.413. The predicted molar refractivity (Wildman–Crippen MR) is 124 cm³/mol. The number of fused-ring (bicyclic) bond motifs is 1. The molecule has 5 rings (SSSR count). The number of urea groups is 1. The van der Waals surface area contributed by atoms with Crippen LogP contribution in [0.4, 0.5) is 10.5 Å². The van der Waals surface area contributed by atoms with Gasteiger partial charge >= 0.3 is 6.03 Å². The van der Waals surface area contributed by atoms with E-state index < -0.39 is 23.4 Å². The molecule has 0 saturated carbocycles.